The van der Waals surface area contributed by atoms with E-state index in [0.717, 1.165) is 0 Å². The first kappa shape index (κ1) is 32.2. The summed E-state index contributed by atoms with van der Waals surface area (Å²) in [5, 5.41) is 12.8. The highest BCUT2D eigenvalue weighted by Crippen LogP contribution is 2.24. The van der Waals surface area contributed by atoms with E-state index in [4.69, 9.17) is 23.2 Å². The summed E-state index contributed by atoms with van der Waals surface area (Å²) in [4.78, 5) is 27.1. The predicted octanol–water partition coefficient (Wildman–Crippen LogP) is 5.77. The van der Waals surface area contributed by atoms with Crippen LogP contribution >= 0.6 is 34.5 Å². The number of rotatable bonds is 14. The highest BCUT2D eigenvalue weighted by Gasteiger charge is 2.22. The van der Waals surface area contributed by atoms with Crippen molar-refractivity contribution in [3.05, 3.63) is 45.1 Å². The molecule has 1 atom stereocenters. The van der Waals surface area contributed by atoms with Crippen LogP contribution in [0.1, 0.15) is 47.0 Å². The zero-order valence-electron chi connectivity index (χ0n) is 22.1. The van der Waals surface area contributed by atoms with Gasteiger partial charge in [0.25, 0.3) is 0 Å². The Morgan fingerprint density at radius 3 is 2.39 bits per heavy atom. The summed E-state index contributed by atoms with van der Waals surface area (Å²) in [7, 11) is -3.80. The first-order valence-electron chi connectivity index (χ1n) is 12.5. The van der Waals surface area contributed by atoms with Gasteiger partial charge >= 0.3 is 12.1 Å². The fourth-order valence-electron chi connectivity index (χ4n) is 3.72. The van der Waals surface area contributed by atoms with Gasteiger partial charge in [0.15, 0.2) is 0 Å². The van der Waals surface area contributed by atoms with E-state index < -0.39 is 10.0 Å². The molecule has 0 aliphatic heterocycles. The standard InChI is InChI=1S/C25H37Cl2N5O4S2/c1-17(2)13-21(31-24(33)30-20-9-12-37-16-20)15-32(25(34)29-18(3)4)11-6-5-10-28-38(35,36)23-8-7-19(26)14-22(23)27/h7-9,12,14,16-18,21,28H,5-6,10-11,13,15H2,1-4H3,(H,29,34)(H2,30,31,33)/t21-/m0/s1. The smallest absolute Gasteiger partial charge is 0.319 e. The number of anilines is 1. The maximum absolute atomic E-state index is 12.9. The zero-order chi connectivity index (χ0) is 28.3. The number of nitrogens with one attached hydrogen (secondary N) is 4. The number of thiophene rings is 1. The van der Waals surface area contributed by atoms with Gasteiger partial charge in [-0.1, -0.05) is 37.0 Å². The van der Waals surface area contributed by atoms with Crippen molar-refractivity contribution in [2.24, 2.45) is 5.92 Å². The zero-order valence-corrected chi connectivity index (χ0v) is 25.2. The third-order valence-electron chi connectivity index (χ3n) is 5.34. The number of carbonyl (C=O) groups is 2. The molecule has 38 heavy (non-hydrogen) atoms. The third-order valence-corrected chi connectivity index (χ3v) is 8.20. The topological polar surface area (TPSA) is 120 Å². The number of hydrogen-bond acceptors (Lipinski definition) is 5. The largest absolute Gasteiger partial charge is 0.336 e. The van der Waals surface area contributed by atoms with Gasteiger partial charge in [0.05, 0.1) is 10.7 Å². The van der Waals surface area contributed by atoms with Crippen LogP contribution in [0.5, 0.6) is 0 Å². The number of halogens is 2. The summed E-state index contributed by atoms with van der Waals surface area (Å²) in [6, 6.07) is 5.15. The van der Waals surface area contributed by atoms with Crippen LogP contribution in [-0.4, -0.2) is 57.1 Å². The van der Waals surface area contributed by atoms with Gasteiger partial charge in [-0.25, -0.2) is 22.7 Å². The van der Waals surface area contributed by atoms with E-state index in [0.29, 0.717) is 49.0 Å². The Hall–Kier alpha value is -2.05. The molecule has 0 aliphatic rings. The van der Waals surface area contributed by atoms with Gasteiger partial charge in [0, 0.05) is 42.1 Å². The van der Waals surface area contributed by atoms with Crippen molar-refractivity contribution >= 4 is 62.3 Å². The number of urea groups is 2. The first-order valence-corrected chi connectivity index (χ1v) is 15.7. The summed E-state index contributed by atoms with van der Waals surface area (Å²) >= 11 is 13.4. The normalized spacial score (nSPS) is 12.4. The second-order valence-corrected chi connectivity index (χ2v) is 13.0. The molecule has 0 unspecified atom stereocenters. The van der Waals surface area contributed by atoms with E-state index in [9.17, 15) is 18.0 Å². The van der Waals surface area contributed by atoms with Crippen LogP contribution in [0.3, 0.4) is 0 Å². The van der Waals surface area contributed by atoms with Crippen molar-refractivity contribution in [2.45, 2.75) is 63.9 Å². The van der Waals surface area contributed by atoms with Crippen LogP contribution in [0.25, 0.3) is 0 Å². The van der Waals surface area contributed by atoms with Gasteiger partial charge in [-0.3, -0.25) is 0 Å². The van der Waals surface area contributed by atoms with E-state index in [1.54, 1.807) is 4.90 Å². The average molecular weight is 607 g/mol. The van der Waals surface area contributed by atoms with Gasteiger partial charge in [-0.05, 0) is 68.7 Å². The minimum Gasteiger partial charge on any atom is -0.336 e. The molecular formula is C25H37Cl2N5O4S2. The second-order valence-electron chi connectivity index (χ2n) is 9.67. The Bertz CT molecular complexity index is 1140. The number of carbonyl (C=O) groups excluding carboxylic acids is 2. The molecule has 0 bridgehead atoms. The van der Waals surface area contributed by atoms with Crippen LogP contribution < -0.4 is 20.7 Å². The van der Waals surface area contributed by atoms with Gasteiger partial charge in [-0.2, -0.15) is 11.3 Å². The predicted molar refractivity (Wildman–Crippen MR) is 156 cm³/mol. The number of benzene rings is 1. The Labute approximate surface area is 239 Å². The van der Waals surface area contributed by atoms with Crippen molar-refractivity contribution in [1.29, 1.82) is 0 Å². The lowest BCUT2D eigenvalue weighted by Gasteiger charge is -2.30. The van der Waals surface area contributed by atoms with E-state index in [1.165, 1.54) is 29.5 Å². The Morgan fingerprint density at radius 2 is 1.79 bits per heavy atom. The first-order chi connectivity index (χ1) is 17.9. The molecule has 1 aromatic heterocycles. The highest BCUT2D eigenvalue weighted by atomic mass is 35.5. The summed E-state index contributed by atoms with van der Waals surface area (Å²) < 4.78 is 27.7. The monoisotopic (exact) mass is 605 g/mol. The lowest BCUT2D eigenvalue weighted by molar-refractivity contribution is 0.183. The van der Waals surface area contributed by atoms with E-state index in [2.05, 4.69) is 34.5 Å². The summed E-state index contributed by atoms with van der Waals surface area (Å²) in [5.41, 5.74) is 0.715. The van der Waals surface area contributed by atoms with Gasteiger partial charge < -0.3 is 20.9 Å². The molecule has 0 radical (unpaired) electrons. The minimum absolute atomic E-state index is 0.0372. The van der Waals surface area contributed by atoms with Crippen molar-refractivity contribution in [1.82, 2.24) is 20.3 Å². The molecule has 2 rings (SSSR count). The molecule has 212 valence electrons. The van der Waals surface area contributed by atoms with Crippen LogP contribution in [0.15, 0.2) is 39.9 Å². The Kier molecular flexibility index (Phi) is 13.1. The van der Waals surface area contributed by atoms with Crippen molar-refractivity contribution < 1.29 is 18.0 Å². The molecule has 0 spiro atoms. The van der Waals surface area contributed by atoms with Crippen LogP contribution in [0.2, 0.25) is 10.0 Å². The summed E-state index contributed by atoms with van der Waals surface area (Å²) in [5.74, 6) is 0.297. The second kappa shape index (κ2) is 15.5. The van der Waals surface area contributed by atoms with Crippen molar-refractivity contribution in [3.8, 4) is 0 Å². The van der Waals surface area contributed by atoms with E-state index in [1.807, 2.05) is 30.7 Å². The number of hydrogen-bond donors (Lipinski definition) is 4. The summed E-state index contributed by atoms with van der Waals surface area (Å²) in [6.45, 7) is 8.77. The number of sulfonamides is 1. The number of amides is 4. The molecule has 2 aromatic rings. The number of nitrogens with zero attached hydrogens (tertiary/aromatic N) is 1. The lowest BCUT2D eigenvalue weighted by atomic mass is 10.0. The quantitative estimate of drug-likeness (QED) is 0.204. The average Bonchev–Trinajstić information content (AvgIpc) is 3.29. The van der Waals surface area contributed by atoms with E-state index in [-0.39, 0.29) is 40.6 Å². The van der Waals surface area contributed by atoms with Gasteiger partial charge in [-0.15, -0.1) is 0 Å². The van der Waals surface area contributed by atoms with Crippen LogP contribution in [0, 0.1) is 5.92 Å². The maximum Gasteiger partial charge on any atom is 0.319 e. The highest BCUT2D eigenvalue weighted by molar-refractivity contribution is 7.89. The number of unbranched alkanes of at least 4 members (excludes halogenated alkanes) is 1. The third kappa shape index (κ3) is 11.4. The van der Waals surface area contributed by atoms with Crippen molar-refractivity contribution in [2.75, 3.05) is 25.0 Å². The molecule has 0 aliphatic carbocycles. The van der Waals surface area contributed by atoms with Gasteiger partial charge in [0.2, 0.25) is 10.0 Å². The lowest BCUT2D eigenvalue weighted by Crippen LogP contribution is -2.51. The summed E-state index contributed by atoms with van der Waals surface area (Å²) in [6.07, 6.45) is 1.73. The molecule has 9 nitrogen and oxygen atoms in total. The molecule has 0 saturated heterocycles. The minimum atomic E-state index is -3.80. The molecule has 1 heterocycles. The fourth-order valence-corrected chi connectivity index (χ4v) is 6.15. The van der Waals surface area contributed by atoms with Crippen LogP contribution in [-0.2, 0) is 10.0 Å². The molecule has 0 saturated carbocycles. The maximum atomic E-state index is 12.9. The Balaban J connectivity index is 1.97. The molecule has 4 amide bonds. The van der Waals surface area contributed by atoms with Crippen LogP contribution in [0.4, 0.5) is 15.3 Å². The Morgan fingerprint density at radius 1 is 1.05 bits per heavy atom. The van der Waals surface area contributed by atoms with Gasteiger partial charge in [0.1, 0.15) is 4.90 Å². The molecule has 0 fully saturated rings. The molecular weight excluding hydrogens is 569 g/mol. The molecule has 1 aromatic carbocycles. The fraction of sp³-hybridized carbons (Fsp3) is 0.520. The molecule has 13 heteroatoms. The molecule has 4 N–H and O–H groups in total. The SMILES string of the molecule is CC(C)C[C@@H](CN(CCCCNS(=O)(=O)c1ccc(Cl)cc1Cl)C(=O)NC(C)C)NC(=O)Nc1ccsc1. The van der Waals surface area contributed by atoms with E-state index >= 15 is 0 Å². The van der Waals surface area contributed by atoms with Crippen molar-refractivity contribution in [3.63, 3.8) is 0 Å².